The standard InChI is InChI=1S/C13H11Br3N2O/c14-13(15,16)12-11-9(5-6-18(12)7-19)8-3-1-2-4-10(8)17-11/h1-4,7,12,17H,5-6H2. The number of nitrogens with one attached hydrogen (secondary N) is 1. The van der Waals surface area contributed by atoms with Crippen molar-refractivity contribution in [1.82, 2.24) is 9.88 Å². The summed E-state index contributed by atoms with van der Waals surface area (Å²) in [5.41, 5.74) is 3.48. The molecule has 2 heterocycles. The van der Waals surface area contributed by atoms with Gasteiger partial charge in [-0.05, 0) is 18.1 Å². The monoisotopic (exact) mass is 448 g/mol. The van der Waals surface area contributed by atoms with Gasteiger partial charge in [0.15, 0.2) is 2.14 Å². The van der Waals surface area contributed by atoms with E-state index in [-0.39, 0.29) is 6.04 Å². The molecule has 1 aromatic carbocycles. The first-order valence-corrected chi connectivity index (χ1v) is 8.27. The highest BCUT2D eigenvalue weighted by Gasteiger charge is 2.41. The van der Waals surface area contributed by atoms with Crippen LogP contribution in [0.15, 0.2) is 24.3 Å². The molecule has 0 radical (unpaired) electrons. The van der Waals surface area contributed by atoms with Crippen LogP contribution in [0.25, 0.3) is 10.9 Å². The van der Waals surface area contributed by atoms with E-state index in [0.29, 0.717) is 6.54 Å². The zero-order chi connectivity index (χ0) is 13.6. The molecule has 3 nitrogen and oxygen atoms in total. The lowest BCUT2D eigenvalue weighted by molar-refractivity contribution is -0.120. The number of aromatic nitrogens is 1. The topological polar surface area (TPSA) is 36.1 Å². The first-order valence-electron chi connectivity index (χ1n) is 5.89. The summed E-state index contributed by atoms with van der Waals surface area (Å²) in [4.78, 5) is 16.5. The van der Waals surface area contributed by atoms with Crippen LogP contribution in [-0.2, 0) is 11.2 Å². The Balaban J connectivity index is 2.22. The van der Waals surface area contributed by atoms with Crippen molar-refractivity contribution in [2.24, 2.45) is 0 Å². The summed E-state index contributed by atoms with van der Waals surface area (Å²) in [6, 6.07) is 8.12. The molecule has 0 saturated carbocycles. The Labute approximate surface area is 136 Å². The Morgan fingerprint density at radius 2 is 2.05 bits per heavy atom. The summed E-state index contributed by atoms with van der Waals surface area (Å²) in [5.74, 6) is 0. The van der Waals surface area contributed by atoms with Gasteiger partial charge in [0.2, 0.25) is 6.41 Å². The number of hydrogen-bond acceptors (Lipinski definition) is 1. The van der Waals surface area contributed by atoms with Crippen LogP contribution in [-0.4, -0.2) is 25.0 Å². The largest absolute Gasteiger partial charge is 0.356 e. The lowest BCUT2D eigenvalue weighted by Gasteiger charge is -2.37. The Morgan fingerprint density at radius 1 is 1.32 bits per heavy atom. The van der Waals surface area contributed by atoms with Gasteiger partial charge >= 0.3 is 0 Å². The van der Waals surface area contributed by atoms with Gasteiger partial charge in [-0.3, -0.25) is 4.79 Å². The molecule has 0 fully saturated rings. The molecule has 0 aliphatic carbocycles. The van der Waals surface area contributed by atoms with Crippen molar-refractivity contribution in [2.75, 3.05) is 6.54 Å². The van der Waals surface area contributed by atoms with Crippen molar-refractivity contribution in [1.29, 1.82) is 0 Å². The van der Waals surface area contributed by atoms with Crippen LogP contribution >= 0.6 is 47.8 Å². The predicted molar refractivity (Wildman–Crippen MR) is 87.0 cm³/mol. The van der Waals surface area contributed by atoms with Crippen molar-refractivity contribution in [3.8, 4) is 0 Å². The summed E-state index contributed by atoms with van der Waals surface area (Å²) in [6.07, 6.45) is 1.77. The number of carbonyl (C=O) groups excluding carboxylic acids is 1. The average molecular weight is 451 g/mol. The summed E-state index contributed by atoms with van der Waals surface area (Å²) < 4.78 is -0.538. The molecule has 100 valence electrons. The number of nitrogens with zero attached hydrogens (tertiary/aromatic N) is 1. The third-order valence-electron chi connectivity index (χ3n) is 3.52. The Morgan fingerprint density at radius 3 is 2.74 bits per heavy atom. The second-order valence-corrected chi connectivity index (χ2v) is 11.5. The third kappa shape index (κ3) is 2.28. The molecule has 6 heteroatoms. The van der Waals surface area contributed by atoms with Crippen LogP contribution in [0.3, 0.4) is 0 Å². The number of benzene rings is 1. The molecule has 19 heavy (non-hydrogen) atoms. The van der Waals surface area contributed by atoms with E-state index in [9.17, 15) is 4.79 Å². The van der Waals surface area contributed by atoms with Crippen molar-refractivity contribution in [3.63, 3.8) is 0 Å². The number of alkyl halides is 3. The van der Waals surface area contributed by atoms with Gasteiger partial charge in [-0.2, -0.15) is 0 Å². The van der Waals surface area contributed by atoms with Crippen molar-refractivity contribution in [3.05, 3.63) is 35.5 Å². The number of fused-ring (bicyclic) bond motifs is 3. The number of halogens is 3. The molecule has 1 amide bonds. The van der Waals surface area contributed by atoms with Crippen LogP contribution in [0, 0.1) is 0 Å². The predicted octanol–water partition coefficient (Wildman–Crippen LogP) is 4.06. The summed E-state index contributed by atoms with van der Waals surface area (Å²) in [7, 11) is 0. The fourth-order valence-electron chi connectivity index (χ4n) is 2.72. The van der Waals surface area contributed by atoms with Crippen molar-refractivity contribution in [2.45, 2.75) is 14.6 Å². The zero-order valence-corrected chi connectivity index (χ0v) is 14.6. The molecule has 1 aliphatic rings. The number of aromatic amines is 1. The second kappa shape index (κ2) is 4.90. The number of para-hydroxylation sites is 1. The van der Waals surface area contributed by atoms with Crippen molar-refractivity contribution < 1.29 is 4.79 Å². The first-order chi connectivity index (χ1) is 9.02. The molecular weight excluding hydrogens is 440 g/mol. The van der Waals surface area contributed by atoms with Gasteiger partial charge in [-0.25, -0.2) is 0 Å². The molecule has 0 spiro atoms. The first kappa shape index (κ1) is 13.6. The third-order valence-corrected chi connectivity index (χ3v) is 4.82. The molecule has 1 unspecified atom stereocenters. The van der Waals surface area contributed by atoms with E-state index < -0.39 is 2.14 Å². The van der Waals surface area contributed by atoms with Gasteiger partial charge < -0.3 is 9.88 Å². The van der Waals surface area contributed by atoms with E-state index in [4.69, 9.17) is 0 Å². The molecule has 2 aromatic rings. The number of H-pyrrole nitrogens is 1. The molecule has 0 bridgehead atoms. The lowest BCUT2D eigenvalue weighted by atomic mass is 9.99. The summed E-state index contributed by atoms with van der Waals surface area (Å²) in [5, 5.41) is 1.24. The number of rotatable bonds is 1. The normalized spacial score (nSPS) is 19.5. The van der Waals surface area contributed by atoms with Crippen molar-refractivity contribution >= 4 is 65.1 Å². The smallest absolute Gasteiger partial charge is 0.210 e. The average Bonchev–Trinajstić information content (AvgIpc) is 2.74. The van der Waals surface area contributed by atoms with E-state index >= 15 is 0 Å². The van der Waals surface area contributed by atoms with Gasteiger partial charge in [0, 0.05) is 23.1 Å². The molecule has 1 aliphatic heterocycles. The maximum atomic E-state index is 11.3. The van der Waals surface area contributed by atoms with Crippen LogP contribution in [0.2, 0.25) is 0 Å². The van der Waals surface area contributed by atoms with Gasteiger partial charge in [0.25, 0.3) is 0 Å². The maximum Gasteiger partial charge on any atom is 0.210 e. The number of amides is 1. The van der Waals surface area contributed by atoms with Crippen LogP contribution in [0.4, 0.5) is 0 Å². The SMILES string of the molecule is O=CN1CCc2c([nH]c3ccccc23)C1C(Br)(Br)Br. The van der Waals surface area contributed by atoms with Gasteiger partial charge in [-0.15, -0.1) is 0 Å². The second-order valence-electron chi connectivity index (χ2n) is 4.60. The number of carbonyl (C=O) groups is 1. The summed E-state index contributed by atoms with van der Waals surface area (Å²) >= 11 is 10.7. The lowest BCUT2D eigenvalue weighted by Crippen LogP contribution is -2.40. The summed E-state index contributed by atoms with van der Waals surface area (Å²) in [6.45, 7) is 0.716. The van der Waals surface area contributed by atoms with E-state index in [1.54, 1.807) is 4.90 Å². The Bertz CT molecular complexity index is 632. The molecular formula is C13H11Br3N2O. The Hall–Kier alpha value is -0.330. The highest BCUT2D eigenvalue weighted by molar-refractivity contribution is 9.39. The van der Waals surface area contributed by atoms with E-state index in [0.717, 1.165) is 24.0 Å². The van der Waals surface area contributed by atoms with Gasteiger partial charge in [0.05, 0.1) is 0 Å². The molecule has 0 saturated heterocycles. The molecule has 1 atom stereocenters. The molecule has 1 aromatic heterocycles. The minimum Gasteiger partial charge on any atom is -0.356 e. The van der Waals surface area contributed by atoms with E-state index in [1.165, 1.54) is 10.9 Å². The number of hydrogen-bond donors (Lipinski definition) is 1. The maximum absolute atomic E-state index is 11.3. The van der Waals surface area contributed by atoms with E-state index in [1.807, 2.05) is 12.1 Å². The molecule has 3 rings (SSSR count). The Kier molecular flexibility index (Phi) is 3.52. The van der Waals surface area contributed by atoms with Crippen LogP contribution in [0.5, 0.6) is 0 Å². The minimum atomic E-state index is -0.538. The van der Waals surface area contributed by atoms with Crippen LogP contribution < -0.4 is 0 Å². The highest BCUT2D eigenvalue weighted by atomic mass is 80.0. The van der Waals surface area contributed by atoms with Gasteiger partial charge in [-0.1, -0.05) is 66.0 Å². The quantitative estimate of drug-likeness (QED) is 0.516. The zero-order valence-electron chi connectivity index (χ0n) is 9.87. The molecule has 1 N–H and O–H groups in total. The minimum absolute atomic E-state index is 0.124. The highest BCUT2D eigenvalue weighted by Crippen LogP contribution is 2.50. The fourth-order valence-corrected chi connectivity index (χ4v) is 4.20. The van der Waals surface area contributed by atoms with Gasteiger partial charge in [0.1, 0.15) is 6.04 Å². The van der Waals surface area contributed by atoms with E-state index in [2.05, 4.69) is 64.9 Å². The van der Waals surface area contributed by atoms with Crippen LogP contribution in [0.1, 0.15) is 17.3 Å². The fraction of sp³-hybridized carbons (Fsp3) is 0.308.